The molecule has 0 heterocycles. The van der Waals surface area contributed by atoms with Crippen molar-refractivity contribution in [2.45, 2.75) is 30.8 Å². The predicted molar refractivity (Wildman–Crippen MR) is 67.7 cm³/mol. The lowest BCUT2D eigenvalue weighted by molar-refractivity contribution is -0.165. The first-order chi connectivity index (χ1) is 7.91. The average Bonchev–Trinajstić information content (AvgIpc) is 2.25. The third kappa shape index (κ3) is 2.00. The van der Waals surface area contributed by atoms with Gasteiger partial charge in [-0.2, -0.15) is 0 Å². The number of aliphatic hydroxyl groups is 1. The second-order valence-electron chi connectivity index (χ2n) is 4.90. The van der Waals surface area contributed by atoms with Gasteiger partial charge in [-0.1, -0.05) is 34.1 Å². The Kier molecular flexibility index (Phi) is 3.04. The van der Waals surface area contributed by atoms with Gasteiger partial charge in [0.05, 0.1) is 18.1 Å². The van der Waals surface area contributed by atoms with Crippen molar-refractivity contribution >= 4 is 21.9 Å². The summed E-state index contributed by atoms with van der Waals surface area (Å²) in [5.74, 6) is -0.282. The van der Waals surface area contributed by atoms with Crippen molar-refractivity contribution in [2.24, 2.45) is 0 Å². The number of halogens is 1. The largest absolute Gasteiger partial charge is 0.468 e. The molecule has 1 aromatic carbocycles. The zero-order valence-corrected chi connectivity index (χ0v) is 11.5. The van der Waals surface area contributed by atoms with Gasteiger partial charge in [0.15, 0.2) is 0 Å². The number of esters is 1. The van der Waals surface area contributed by atoms with E-state index in [1.165, 1.54) is 7.11 Å². The van der Waals surface area contributed by atoms with Crippen LogP contribution < -0.4 is 0 Å². The van der Waals surface area contributed by atoms with E-state index in [1.54, 1.807) is 6.92 Å². The first kappa shape index (κ1) is 12.6. The van der Waals surface area contributed by atoms with E-state index in [0.717, 1.165) is 10.0 Å². The van der Waals surface area contributed by atoms with E-state index in [4.69, 9.17) is 4.74 Å². The number of rotatable bonds is 2. The van der Waals surface area contributed by atoms with Crippen LogP contribution in [0, 0.1) is 0 Å². The molecule has 92 valence electrons. The second-order valence-corrected chi connectivity index (χ2v) is 5.76. The second kappa shape index (κ2) is 4.10. The fourth-order valence-electron chi connectivity index (χ4n) is 2.74. The summed E-state index contributed by atoms with van der Waals surface area (Å²) in [5.41, 5.74) is -0.611. The minimum absolute atomic E-state index is 0.282. The normalized spacial score (nSPS) is 31.8. The van der Waals surface area contributed by atoms with Gasteiger partial charge in [0, 0.05) is 4.47 Å². The molecule has 0 atom stereocenters. The molecule has 0 spiro atoms. The fraction of sp³-hybridized carbons (Fsp3) is 0.462. The molecule has 0 aromatic heterocycles. The van der Waals surface area contributed by atoms with Crippen LogP contribution >= 0.6 is 15.9 Å². The molecular formula is C13H15BrO3. The number of hydrogen-bond donors (Lipinski definition) is 1. The summed E-state index contributed by atoms with van der Waals surface area (Å²) in [7, 11) is 1.38. The highest BCUT2D eigenvalue weighted by molar-refractivity contribution is 9.10. The van der Waals surface area contributed by atoms with Crippen LogP contribution in [-0.4, -0.2) is 23.8 Å². The summed E-state index contributed by atoms with van der Waals surface area (Å²) in [5, 5.41) is 9.92. The van der Waals surface area contributed by atoms with Crippen LogP contribution in [0.15, 0.2) is 28.7 Å². The van der Waals surface area contributed by atoms with Crippen molar-refractivity contribution in [1.29, 1.82) is 0 Å². The lowest BCUT2D eigenvalue weighted by Gasteiger charge is -2.50. The number of methoxy groups -OCH3 is 1. The van der Waals surface area contributed by atoms with Crippen LogP contribution in [0.1, 0.15) is 25.3 Å². The third-order valence-electron chi connectivity index (χ3n) is 3.33. The first-order valence-corrected chi connectivity index (χ1v) is 6.26. The van der Waals surface area contributed by atoms with Crippen LogP contribution in [0.3, 0.4) is 0 Å². The molecule has 1 aromatic rings. The minimum Gasteiger partial charge on any atom is -0.468 e. The van der Waals surface area contributed by atoms with Crippen molar-refractivity contribution in [3.8, 4) is 0 Å². The van der Waals surface area contributed by atoms with Gasteiger partial charge in [0.2, 0.25) is 0 Å². The Morgan fingerprint density at radius 2 is 2.00 bits per heavy atom. The first-order valence-electron chi connectivity index (χ1n) is 5.47. The van der Waals surface area contributed by atoms with Gasteiger partial charge in [-0.15, -0.1) is 0 Å². The zero-order chi connectivity index (χ0) is 12.7. The molecule has 17 heavy (non-hydrogen) atoms. The Morgan fingerprint density at radius 1 is 1.41 bits per heavy atom. The van der Waals surface area contributed by atoms with Gasteiger partial charge in [-0.25, -0.2) is 0 Å². The fourth-order valence-corrected chi connectivity index (χ4v) is 3.40. The Bertz CT molecular complexity index is 446. The zero-order valence-electron chi connectivity index (χ0n) is 9.87. The molecule has 0 saturated heterocycles. The summed E-state index contributed by atoms with van der Waals surface area (Å²) in [6.45, 7) is 1.74. The van der Waals surface area contributed by atoms with Crippen LogP contribution in [0.5, 0.6) is 0 Å². The van der Waals surface area contributed by atoms with Crippen molar-refractivity contribution < 1.29 is 14.6 Å². The van der Waals surface area contributed by atoms with E-state index in [2.05, 4.69) is 15.9 Å². The van der Waals surface area contributed by atoms with Crippen molar-refractivity contribution in [3.05, 3.63) is 34.3 Å². The molecule has 1 fully saturated rings. The molecule has 0 aliphatic heterocycles. The molecule has 0 radical (unpaired) electrons. The van der Waals surface area contributed by atoms with Gasteiger partial charge in [-0.3, -0.25) is 4.79 Å². The van der Waals surface area contributed by atoms with E-state index in [1.807, 2.05) is 24.3 Å². The summed E-state index contributed by atoms with van der Waals surface area (Å²) < 4.78 is 5.77. The SMILES string of the molecule is COC(=O)C1(c2ccccc2Br)CC(C)(O)C1. The predicted octanol–water partition coefficient (Wildman–Crippen LogP) is 2.40. The van der Waals surface area contributed by atoms with Crippen molar-refractivity contribution in [3.63, 3.8) is 0 Å². The van der Waals surface area contributed by atoms with Crippen molar-refractivity contribution in [2.75, 3.05) is 7.11 Å². The van der Waals surface area contributed by atoms with Crippen LogP contribution in [0.2, 0.25) is 0 Å². The highest BCUT2D eigenvalue weighted by Crippen LogP contribution is 2.52. The van der Waals surface area contributed by atoms with E-state index in [-0.39, 0.29) is 5.97 Å². The molecule has 0 amide bonds. The number of carbonyl (C=O) groups excluding carboxylic acids is 1. The number of benzene rings is 1. The number of carbonyl (C=O) groups is 1. The lowest BCUT2D eigenvalue weighted by Crippen LogP contribution is -2.57. The monoisotopic (exact) mass is 298 g/mol. The van der Waals surface area contributed by atoms with E-state index in [0.29, 0.717) is 12.8 Å². The highest BCUT2D eigenvalue weighted by Gasteiger charge is 2.58. The molecule has 1 saturated carbocycles. The maximum Gasteiger partial charge on any atom is 0.316 e. The molecular weight excluding hydrogens is 284 g/mol. The number of ether oxygens (including phenoxy) is 1. The van der Waals surface area contributed by atoms with Gasteiger partial charge in [-0.05, 0) is 31.4 Å². The number of hydrogen-bond acceptors (Lipinski definition) is 3. The quantitative estimate of drug-likeness (QED) is 0.853. The molecule has 1 aliphatic rings. The van der Waals surface area contributed by atoms with Crippen LogP contribution in [0.25, 0.3) is 0 Å². The maximum atomic E-state index is 12.0. The van der Waals surface area contributed by atoms with Gasteiger partial charge in [0.1, 0.15) is 0 Å². The third-order valence-corrected chi connectivity index (χ3v) is 4.02. The summed E-state index contributed by atoms with van der Waals surface area (Å²) in [6, 6.07) is 7.58. The van der Waals surface area contributed by atoms with E-state index in [9.17, 15) is 9.90 Å². The molecule has 4 heteroatoms. The smallest absolute Gasteiger partial charge is 0.316 e. The summed E-state index contributed by atoms with van der Waals surface area (Å²) >= 11 is 3.45. The lowest BCUT2D eigenvalue weighted by atomic mass is 9.56. The molecule has 1 N–H and O–H groups in total. The Labute approximate surface area is 109 Å². The summed E-state index contributed by atoms with van der Waals surface area (Å²) in [6.07, 6.45) is 0.796. The Balaban J connectivity index is 2.44. The molecule has 1 aliphatic carbocycles. The standard InChI is InChI=1S/C13H15BrO3/c1-12(16)7-13(8-12,11(15)17-2)9-5-3-4-6-10(9)14/h3-6,16H,7-8H2,1-2H3. The maximum absolute atomic E-state index is 12.0. The van der Waals surface area contributed by atoms with Crippen LogP contribution in [-0.2, 0) is 14.9 Å². The molecule has 0 bridgehead atoms. The van der Waals surface area contributed by atoms with E-state index < -0.39 is 11.0 Å². The van der Waals surface area contributed by atoms with Gasteiger partial charge < -0.3 is 9.84 Å². The Hall–Kier alpha value is -0.870. The summed E-state index contributed by atoms with van der Waals surface area (Å²) in [4.78, 5) is 12.0. The molecule has 3 nitrogen and oxygen atoms in total. The Morgan fingerprint density at radius 3 is 2.47 bits per heavy atom. The minimum atomic E-state index is -0.788. The average molecular weight is 299 g/mol. The highest BCUT2D eigenvalue weighted by atomic mass is 79.9. The molecule has 0 unspecified atom stereocenters. The van der Waals surface area contributed by atoms with Crippen LogP contribution in [0.4, 0.5) is 0 Å². The van der Waals surface area contributed by atoms with Gasteiger partial charge in [0.25, 0.3) is 0 Å². The van der Waals surface area contributed by atoms with Gasteiger partial charge >= 0.3 is 5.97 Å². The molecule has 2 rings (SSSR count). The topological polar surface area (TPSA) is 46.5 Å². The van der Waals surface area contributed by atoms with E-state index >= 15 is 0 Å². The van der Waals surface area contributed by atoms with Crippen molar-refractivity contribution in [1.82, 2.24) is 0 Å².